The quantitative estimate of drug-likeness (QED) is 0.765. The fourth-order valence-corrected chi connectivity index (χ4v) is 2.37. The van der Waals surface area contributed by atoms with E-state index < -0.39 is 18.4 Å². The molecular formula is C19H19F3N2O3. The van der Waals surface area contributed by atoms with E-state index in [-0.39, 0.29) is 36.8 Å². The molecule has 0 unspecified atom stereocenters. The first kappa shape index (κ1) is 20.3. The summed E-state index contributed by atoms with van der Waals surface area (Å²) >= 11 is 0. The van der Waals surface area contributed by atoms with E-state index in [0.717, 1.165) is 0 Å². The van der Waals surface area contributed by atoms with Crippen LogP contribution >= 0.6 is 0 Å². The Morgan fingerprint density at radius 2 is 1.78 bits per heavy atom. The maximum atomic E-state index is 12.9. The number of halogens is 3. The van der Waals surface area contributed by atoms with Crippen molar-refractivity contribution in [1.82, 2.24) is 10.2 Å². The number of nitrogens with one attached hydrogen (secondary N) is 1. The van der Waals surface area contributed by atoms with Crippen LogP contribution in [0.3, 0.4) is 0 Å². The zero-order chi connectivity index (χ0) is 19.8. The van der Waals surface area contributed by atoms with Crippen molar-refractivity contribution in [2.75, 3.05) is 13.1 Å². The second-order valence-electron chi connectivity index (χ2n) is 5.60. The zero-order valence-electron chi connectivity index (χ0n) is 14.6. The van der Waals surface area contributed by atoms with E-state index in [1.54, 1.807) is 6.92 Å². The van der Waals surface area contributed by atoms with Gasteiger partial charge in [0.15, 0.2) is 0 Å². The average Bonchev–Trinajstić information content (AvgIpc) is 2.65. The number of carbonyl (C=O) groups excluding carboxylic acids is 2. The molecular weight excluding hydrogens is 361 g/mol. The third kappa shape index (κ3) is 6.02. The van der Waals surface area contributed by atoms with Gasteiger partial charge in [0.2, 0.25) is 5.91 Å². The molecule has 144 valence electrons. The second kappa shape index (κ2) is 9.61. The number of para-hydroxylation sites is 1. The van der Waals surface area contributed by atoms with Crippen LogP contribution in [0.15, 0.2) is 48.5 Å². The van der Waals surface area contributed by atoms with Gasteiger partial charge in [0, 0.05) is 13.1 Å². The van der Waals surface area contributed by atoms with E-state index in [4.69, 9.17) is 0 Å². The molecule has 0 bridgehead atoms. The predicted octanol–water partition coefficient (Wildman–Crippen LogP) is 3.21. The first-order chi connectivity index (χ1) is 12.9. The van der Waals surface area contributed by atoms with Gasteiger partial charge in [0.05, 0.1) is 12.1 Å². The van der Waals surface area contributed by atoms with Gasteiger partial charge in [-0.3, -0.25) is 9.59 Å². The minimum Gasteiger partial charge on any atom is -0.434 e. The highest BCUT2D eigenvalue weighted by Gasteiger charge is 2.21. The number of likely N-dealkylation sites (N-methyl/N-ethyl adjacent to an activating group) is 1. The number of ether oxygens (including phenoxy) is 1. The highest BCUT2D eigenvalue weighted by molar-refractivity contribution is 5.98. The maximum Gasteiger partial charge on any atom is 0.387 e. The van der Waals surface area contributed by atoms with Gasteiger partial charge in [-0.2, -0.15) is 8.78 Å². The molecule has 0 atom stereocenters. The molecule has 0 spiro atoms. The minimum absolute atomic E-state index is 0.0500. The Kier molecular flexibility index (Phi) is 7.22. The average molecular weight is 380 g/mol. The van der Waals surface area contributed by atoms with Gasteiger partial charge in [-0.15, -0.1) is 0 Å². The van der Waals surface area contributed by atoms with Crippen LogP contribution in [0, 0.1) is 5.82 Å². The Bertz CT molecular complexity index is 782. The van der Waals surface area contributed by atoms with Gasteiger partial charge in [-0.1, -0.05) is 24.3 Å². The third-order valence-corrected chi connectivity index (χ3v) is 3.74. The van der Waals surface area contributed by atoms with Crippen molar-refractivity contribution >= 4 is 11.8 Å². The van der Waals surface area contributed by atoms with Crippen LogP contribution in [0.25, 0.3) is 0 Å². The Labute approximate surface area is 154 Å². The van der Waals surface area contributed by atoms with E-state index in [1.165, 1.54) is 53.4 Å². The summed E-state index contributed by atoms with van der Waals surface area (Å²) in [5.74, 6) is -1.65. The molecule has 2 rings (SSSR count). The van der Waals surface area contributed by atoms with Crippen molar-refractivity contribution in [3.63, 3.8) is 0 Å². The van der Waals surface area contributed by atoms with Crippen molar-refractivity contribution in [2.24, 2.45) is 0 Å². The van der Waals surface area contributed by atoms with Gasteiger partial charge in [-0.05, 0) is 36.8 Å². The largest absolute Gasteiger partial charge is 0.434 e. The van der Waals surface area contributed by atoms with Crippen LogP contribution < -0.4 is 10.1 Å². The standard InChI is InChI=1S/C19H19F3N2O3/c1-2-24(12-17(25)23-11-13-7-9-14(20)10-8-13)18(26)15-5-3-4-6-16(15)27-19(21)22/h3-10,19H,2,11-12H2,1H3,(H,23,25). The van der Waals surface area contributed by atoms with Crippen molar-refractivity contribution < 1.29 is 27.5 Å². The molecule has 0 aliphatic carbocycles. The summed E-state index contributed by atoms with van der Waals surface area (Å²) < 4.78 is 42.3. The molecule has 1 N–H and O–H groups in total. The smallest absolute Gasteiger partial charge is 0.387 e. The molecule has 0 radical (unpaired) electrons. The van der Waals surface area contributed by atoms with Gasteiger partial charge in [-0.25, -0.2) is 4.39 Å². The lowest BCUT2D eigenvalue weighted by Gasteiger charge is -2.21. The van der Waals surface area contributed by atoms with Crippen molar-refractivity contribution in [2.45, 2.75) is 20.1 Å². The van der Waals surface area contributed by atoms with Crippen LogP contribution in [0.2, 0.25) is 0 Å². The Balaban J connectivity index is 2.00. The first-order valence-electron chi connectivity index (χ1n) is 8.25. The van der Waals surface area contributed by atoms with Crippen LogP contribution in [-0.4, -0.2) is 36.4 Å². The van der Waals surface area contributed by atoms with Gasteiger partial charge >= 0.3 is 6.61 Å². The van der Waals surface area contributed by atoms with E-state index in [9.17, 15) is 22.8 Å². The topological polar surface area (TPSA) is 58.6 Å². The SMILES string of the molecule is CCN(CC(=O)NCc1ccc(F)cc1)C(=O)c1ccccc1OC(F)F. The molecule has 0 aromatic heterocycles. The summed E-state index contributed by atoms with van der Waals surface area (Å²) in [5, 5.41) is 2.63. The second-order valence-corrected chi connectivity index (χ2v) is 5.60. The summed E-state index contributed by atoms with van der Waals surface area (Å²) in [6.07, 6.45) is 0. The summed E-state index contributed by atoms with van der Waals surface area (Å²) in [5.41, 5.74) is 0.654. The molecule has 2 amide bonds. The third-order valence-electron chi connectivity index (χ3n) is 3.74. The van der Waals surface area contributed by atoms with Crippen LogP contribution in [0.4, 0.5) is 13.2 Å². The molecule has 8 heteroatoms. The van der Waals surface area contributed by atoms with E-state index >= 15 is 0 Å². The van der Waals surface area contributed by atoms with Gasteiger partial charge in [0.25, 0.3) is 5.91 Å². The van der Waals surface area contributed by atoms with Gasteiger partial charge < -0.3 is 15.0 Å². The highest BCUT2D eigenvalue weighted by Crippen LogP contribution is 2.21. The molecule has 27 heavy (non-hydrogen) atoms. The number of amides is 2. The Morgan fingerprint density at radius 1 is 1.11 bits per heavy atom. The number of hydrogen-bond donors (Lipinski definition) is 1. The van der Waals surface area contributed by atoms with Crippen molar-refractivity contribution in [3.05, 3.63) is 65.5 Å². The molecule has 0 aliphatic heterocycles. The number of carbonyl (C=O) groups is 2. The summed E-state index contributed by atoms with van der Waals surface area (Å²) in [7, 11) is 0. The van der Waals surface area contributed by atoms with E-state index in [1.807, 2.05) is 0 Å². The lowest BCUT2D eigenvalue weighted by atomic mass is 10.1. The number of alkyl halides is 2. The Hall–Kier alpha value is -3.03. The summed E-state index contributed by atoms with van der Waals surface area (Å²) in [6, 6.07) is 11.3. The normalized spacial score (nSPS) is 10.6. The molecule has 0 fully saturated rings. The van der Waals surface area contributed by atoms with Crippen molar-refractivity contribution in [3.8, 4) is 5.75 Å². The predicted molar refractivity (Wildman–Crippen MR) is 92.9 cm³/mol. The van der Waals surface area contributed by atoms with Crippen LogP contribution in [0.5, 0.6) is 5.75 Å². The fourth-order valence-electron chi connectivity index (χ4n) is 2.37. The maximum absolute atomic E-state index is 12.9. The molecule has 5 nitrogen and oxygen atoms in total. The molecule has 0 saturated carbocycles. The molecule has 0 saturated heterocycles. The number of nitrogens with zero attached hydrogens (tertiary/aromatic N) is 1. The van der Waals surface area contributed by atoms with Gasteiger partial charge in [0.1, 0.15) is 11.6 Å². The lowest BCUT2D eigenvalue weighted by Crippen LogP contribution is -2.40. The van der Waals surface area contributed by atoms with E-state index in [2.05, 4.69) is 10.1 Å². The number of hydrogen-bond acceptors (Lipinski definition) is 3. The van der Waals surface area contributed by atoms with Crippen molar-refractivity contribution in [1.29, 1.82) is 0 Å². The summed E-state index contributed by atoms with van der Waals surface area (Å²) in [4.78, 5) is 25.9. The molecule has 2 aromatic carbocycles. The monoisotopic (exact) mass is 380 g/mol. The number of benzene rings is 2. The molecule has 2 aromatic rings. The zero-order valence-corrected chi connectivity index (χ0v) is 14.6. The highest BCUT2D eigenvalue weighted by atomic mass is 19.3. The first-order valence-corrected chi connectivity index (χ1v) is 8.25. The lowest BCUT2D eigenvalue weighted by molar-refractivity contribution is -0.121. The minimum atomic E-state index is -3.06. The van der Waals surface area contributed by atoms with Crippen LogP contribution in [0.1, 0.15) is 22.8 Å². The van der Waals surface area contributed by atoms with E-state index in [0.29, 0.717) is 5.56 Å². The fraction of sp³-hybridized carbons (Fsp3) is 0.263. The molecule has 0 heterocycles. The number of rotatable bonds is 8. The van der Waals surface area contributed by atoms with Crippen LogP contribution in [-0.2, 0) is 11.3 Å². The molecule has 0 aliphatic rings. The Morgan fingerprint density at radius 3 is 2.41 bits per heavy atom. The summed E-state index contributed by atoms with van der Waals surface area (Å²) in [6.45, 7) is -1.27.